The molecule has 4 nitrogen and oxygen atoms in total. The second-order valence-corrected chi connectivity index (χ2v) is 5.81. The molecule has 0 amide bonds. The quantitative estimate of drug-likeness (QED) is 0.763. The van der Waals surface area contributed by atoms with E-state index >= 15 is 0 Å². The molecule has 1 saturated carbocycles. The predicted molar refractivity (Wildman–Crippen MR) is 65.3 cm³/mol. The van der Waals surface area contributed by atoms with Crippen molar-refractivity contribution in [3.05, 3.63) is 0 Å². The molecule has 116 valence electrons. The Bertz CT molecular complexity index is 361. The number of carbonyl (C=O) groups is 1. The van der Waals surface area contributed by atoms with Crippen molar-refractivity contribution in [2.75, 3.05) is 32.8 Å². The summed E-state index contributed by atoms with van der Waals surface area (Å²) in [7, 11) is 0. The number of ether oxygens (including phenoxy) is 1. The third-order valence-corrected chi connectivity index (χ3v) is 4.40. The van der Waals surface area contributed by atoms with Gasteiger partial charge in [0.25, 0.3) is 0 Å². The van der Waals surface area contributed by atoms with Crippen LogP contribution in [0.4, 0.5) is 13.2 Å². The summed E-state index contributed by atoms with van der Waals surface area (Å²) in [6, 6.07) is 0. The monoisotopic (exact) mass is 295 g/mol. The number of halogens is 3. The van der Waals surface area contributed by atoms with Crippen LogP contribution in [0, 0.1) is 11.3 Å². The van der Waals surface area contributed by atoms with Crippen molar-refractivity contribution in [1.29, 1.82) is 0 Å². The number of carboxylic acids is 1. The Morgan fingerprint density at radius 3 is 2.80 bits per heavy atom. The van der Waals surface area contributed by atoms with Gasteiger partial charge in [-0.05, 0) is 25.2 Å². The topological polar surface area (TPSA) is 49.8 Å². The SMILES string of the molecule is O=C(O)[C@@]12CCC[C@H]1CN(CCCOCC(F)(F)F)C2. The van der Waals surface area contributed by atoms with Crippen molar-refractivity contribution in [2.45, 2.75) is 31.9 Å². The molecule has 2 atom stereocenters. The zero-order valence-electron chi connectivity index (χ0n) is 11.3. The van der Waals surface area contributed by atoms with E-state index < -0.39 is 24.2 Å². The first-order valence-corrected chi connectivity index (χ1v) is 6.94. The summed E-state index contributed by atoms with van der Waals surface area (Å²) in [6.45, 7) is 0.705. The summed E-state index contributed by atoms with van der Waals surface area (Å²) in [5.41, 5.74) is -0.618. The lowest BCUT2D eigenvalue weighted by molar-refractivity contribution is -0.174. The van der Waals surface area contributed by atoms with Gasteiger partial charge in [0, 0.05) is 26.2 Å². The van der Waals surface area contributed by atoms with Crippen LogP contribution >= 0.6 is 0 Å². The minimum absolute atomic E-state index is 0.0563. The molecule has 1 heterocycles. The molecule has 20 heavy (non-hydrogen) atoms. The lowest BCUT2D eigenvalue weighted by atomic mass is 9.81. The second-order valence-electron chi connectivity index (χ2n) is 5.81. The normalized spacial score (nSPS) is 30.6. The van der Waals surface area contributed by atoms with Gasteiger partial charge in [0.05, 0.1) is 5.41 Å². The van der Waals surface area contributed by atoms with Gasteiger partial charge in [-0.2, -0.15) is 13.2 Å². The lowest BCUT2D eigenvalue weighted by Crippen LogP contribution is -2.36. The van der Waals surface area contributed by atoms with Crippen LogP contribution in [0.15, 0.2) is 0 Å². The van der Waals surface area contributed by atoms with E-state index in [1.165, 1.54) is 0 Å². The molecule has 0 spiro atoms. The molecule has 2 rings (SSSR count). The van der Waals surface area contributed by atoms with Gasteiger partial charge in [0.1, 0.15) is 6.61 Å². The molecular weight excluding hydrogens is 275 g/mol. The largest absolute Gasteiger partial charge is 0.481 e. The Morgan fingerprint density at radius 1 is 1.45 bits per heavy atom. The Labute approximate surface area is 115 Å². The van der Waals surface area contributed by atoms with Gasteiger partial charge < -0.3 is 14.7 Å². The summed E-state index contributed by atoms with van der Waals surface area (Å²) in [5.74, 6) is -0.535. The number of hydrogen-bond acceptors (Lipinski definition) is 3. The molecule has 0 aromatic carbocycles. The molecule has 1 aliphatic heterocycles. The van der Waals surface area contributed by atoms with Crippen LogP contribution in [-0.4, -0.2) is 55.0 Å². The maximum absolute atomic E-state index is 11.9. The van der Waals surface area contributed by atoms with Crippen LogP contribution in [0.5, 0.6) is 0 Å². The smallest absolute Gasteiger partial charge is 0.411 e. The van der Waals surface area contributed by atoms with Crippen molar-refractivity contribution in [3.63, 3.8) is 0 Å². The van der Waals surface area contributed by atoms with Crippen LogP contribution in [0.1, 0.15) is 25.7 Å². The van der Waals surface area contributed by atoms with E-state index in [4.69, 9.17) is 0 Å². The van der Waals surface area contributed by atoms with Crippen LogP contribution in [0.25, 0.3) is 0 Å². The molecule has 0 radical (unpaired) electrons. The molecular formula is C13H20F3NO3. The number of fused-ring (bicyclic) bond motifs is 1. The van der Waals surface area contributed by atoms with E-state index in [1.54, 1.807) is 0 Å². The van der Waals surface area contributed by atoms with Crippen LogP contribution in [0.2, 0.25) is 0 Å². The summed E-state index contributed by atoms with van der Waals surface area (Å²) < 4.78 is 40.2. The first kappa shape index (κ1) is 15.6. The van der Waals surface area contributed by atoms with Gasteiger partial charge in [-0.3, -0.25) is 4.79 Å². The number of aliphatic carboxylic acids is 1. The highest BCUT2D eigenvalue weighted by molar-refractivity contribution is 5.76. The molecule has 1 N–H and O–H groups in total. The fourth-order valence-corrected chi connectivity index (χ4v) is 3.49. The molecule has 0 unspecified atom stereocenters. The van der Waals surface area contributed by atoms with Crippen molar-refractivity contribution in [3.8, 4) is 0 Å². The predicted octanol–water partition coefficient (Wildman–Crippen LogP) is 2.14. The summed E-state index contributed by atoms with van der Waals surface area (Å²) in [6.07, 6.45) is -1.17. The number of alkyl halides is 3. The van der Waals surface area contributed by atoms with E-state index in [0.29, 0.717) is 25.9 Å². The first-order valence-electron chi connectivity index (χ1n) is 6.94. The molecule has 1 aliphatic carbocycles. The maximum atomic E-state index is 11.9. The third-order valence-electron chi connectivity index (χ3n) is 4.40. The molecule has 0 aromatic heterocycles. The number of carboxylic acid groups (broad SMARTS) is 1. The Kier molecular flexibility index (Phi) is 4.59. The van der Waals surface area contributed by atoms with Gasteiger partial charge >= 0.3 is 12.1 Å². The van der Waals surface area contributed by atoms with Gasteiger partial charge in [-0.1, -0.05) is 6.42 Å². The van der Waals surface area contributed by atoms with Crippen molar-refractivity contribution in [1.82, 2.24) is 4.90 Å². The zero-order chi connectivity index (χ0) is 14.8. The average molecular weight is 295 g/mol. The molecule has 2 fully saturated rings. The maximum Gasteiger partial charge on any atom is 0.411 e. The highest BCUT2D eigenvalue weighted by atomic mass is 19.4. The molecule has 0 bridgehead atoms. The Balaban J connectivity index is 1.70. The average Bonchev–Trinajstić information content (AvgIpc) is 2.84. The third kappa shape index (κ3) is 3.44. The minimum atomic E-state index is -4.28. The van der Waals surface area contributed by atoms with Gasteiger partial charge in [0.15, 0.2) is 0 Å². The van der Waals surface area contributed by atoms with Crippen molar-refractivity contribution >= 4 is 5.97 Å². The number of nitrogens with zero attached hydrogens (tertiary/aromatic N) is 1. The minimum Gasteiger partial charge on any atom is -0.481 e. The highest BCUT2D eigenvalue weighted by Crippen LogP contribution is 2.48. The molecule has 2 aliphatic rings. The van der Waals surface area contributed by atoms with E-state index in [1.807, 2.05) is 0 Å². The van der Waals surface area contributed by atoms with Crippen molar-refractivity contribution < 1.29 is 27.8 Å². The summed E-state index contributed by atoms with van der Waals surface area (Å²) in [5, 5.41) is 9.41. The van der Waals surface area contributed by atoms with E-state index in [0.717, 1.165) is 19.4 Å². The number of likely N-dealkylation sites (tertiary alicyclic amines) is 1. The van der Waals surface area contributed by atoms with Crippen molar-refractivity contribution in [2.24, 2.45) is 11.3 Å². The second kappa shape index (κ2) is 5.89. The summed E-state index contributed by atoms with van der Waals surface area (Å²) in [4.78, 5) is 13.5. The first-order chi connectivity index (χ1) is 9.33. The fourth-order valence-electron chi connectivity index (χ4n) is 3.49. The van der Waals surface area contributed by atoms with E-state index in [-0.39, 0.29) is 12.5 Å². The zero-order valence-corrected chi connectivity index (χ0v) is 11.3. The molecule has 7 heteroatoms. The molecule has 0 aromatic rings. The van der Waals surface area contributed by atoms with Crippen LogP contribution in [-0.2, 0) is 9.53 Å². The van der Waals surface area contributed by atoms with E-state index in [9.17, 15) is 23.1 Å². The highest BCUT2D eigenvalue weighted by Gasteiger charge is 2.54. The van der Waals surface area contributed by atoms with E-state index in [2.05, 4.69) is 9.64 Å². The Morgan fingerprint density at radius 2 is 2.20 bits per heavy atom. The van der Waals surface area contributed by atoms with Crippen LogP contribution < -0.4 is 0 Å². The van der Waals surface area contributed by atoms with Gasteiger partial charge in [-0.15, -0.1) is 0 Å². The molecule has 1 saturated heterocycles. The Hall–Kier alpha value is -0.820. The standard InChI is InChI=1S/C13H20F3NO3/c14-13(15,16)9-20-6-2-5-17-7-10-3-1-4-12(10,8-17)11(18)19/h10H,1-9H2,(H,18,19)/t10-,12+/m0/s1. The van der Waals surface area contributed by atoms with Gasteiger partial charge in [0.2, 0.25) is 0 Å². The number of hydrogen-bond donors (Lipinski definition) is 1. The van der Waals surface area contributed by atoms with Gasteiger partial charge in [-0.25, -0.2) is 0 Å². The fraction of sp³-hybridized carbons (Fsp3) is 0.923. The van der Waals surface area contributed by atoms with Crippen LogP contribution in [0.3, 0.4) is 0 Å². The summed E-state index contributed by atoms with van der Waals surface area (Å²) >= 11 is 0. The lowest BCUT2D eigenvalue weighted by Gasteiger charge is -2.23. The number of rotatable bonds is 6.